The van der Waals surface area contributed by atoms with Gasteiger partial charge in [-0.3, -0.25) is 4.98 Å². The molecule has 4 nitrogen and oxygen atoms in total. The van der Waals surface area contributed by atoms with Crippen LogP contribution in [0.4, 0.5) is 0 Å². The molecule has 1 heterocycles. The molecule has 0 saturated heterocycles. The van der Waals surface area contributed by atoms with Crippen LogP contribution in [-0.2, 0) is 13.2 Å². The highest BCUT2D eigenvalue weighted by Crippen LogP contribution is 2.25. The Bertz CT molecular complexity index is 500. The minimum absolute atomic E-state index is 0.139. The van der Waals surface area contributed by atoms with Crippen LogP contribution in [0.1, 0.15) is 11.3 Å². The Morgan fingerprint density at radius 3 is 2.82 bits per heavy atom. The molecule has 17 heavy (non-hydrogen) atoms. The van der Waals surface area contributed by atoms with Crippen LogP contribution in [0.2, 0.25) is 0 Å². The summed E-state index contributed by atoms with van der Waals surface area (Å²) in [5, 5.41) is 9.53. The number of hydrogen-bond acceptors (Lipinski definition) is 4. The van der Waals surface area contributed by atoms with Gasteiger partial charge in [0.25, 0.3) is 0 Å². The average Bonchev–Trinajstić information content (AvgIpc) is 2.38. The van der Waals surface area contributed by atoms with Gasteiger partial charge in [0.05, 0.1) is 5.69 Å². The van der Waals surface area contributed by atoms with Gasteiger partial charge in [-0.15, -0.1) is 0 Å². The van der Waals surface area contributed by atoms with E-state index in [1.54, 1.807) is 24.4 Å². The molecule has 0 saturated carbocycles. The Hall–Kier alpha value is -2.07. The smallest absolute Gasteiger partial charge is 0.161 e. The molecule has 0 spiro atoms. The van der Waals surface area contributed by atoms with Gasteiger partial charge in [-0.25, -0.2) is 0 Å². The van der Waals surface area contributed by atoms with E-state index in [0.29, 0.717) is 18.9 Å². The molecule has 0 aliphatic rings. The molecule has 0 unspecified atom stereocenters. The van der Waals surface area contributed by atoms with Crippen LogP contribution in [0.5, 0.6) is 11.5 Å². The molecule has 0 atom stereocenters. The van der Waals surface area contributed by atoms with E-state index in [0.717, 1.165) is 11.3 Å². The largest absolute Gasteiger partial charge is 0.504 e. The van der Waals surface area contributed by atoms with Crippen molar-refractivity contribution in [2.45, 2.75) is 13.2 Å². The second kappa shape index (κ2) is 5.32. The van der Waals surface area contributed by atoms with Gasteiger partial charge in [-0.1, -0.05) is 12.1 Å². The van der Waals surface area contributed by atoms with Crippen LogP contribution in [0.3, 0.4) is 0 Å². The van der Waals surface area contributed by atoms with Crippen molar-refractivity contribution in [1.82, 2.24) is 4.98 Å². The molecule has 2 aromatic rings. The third-order valence-electron chi connectivity index (χ3n) is 2.35. The fourth-order valence-corrected chi connectivity index (χ4v) is 1.47. The SMILES string of the molecule is NCc1cc(COc2ccccc2O)ccn1. The summed E-state index contributed by atoms with van der Waals surface area (Å²) in [6.07, 6.45) is 1.70. The number of benzene rings is 1. The maximum absolute atomic E-state index is 9.53. The normalized spacial score (nSPS) is 10.2. The zero-order valence-electron chi connectivity index (χ0n) is 9.34. The van der Waals surface area contributed by atoms with Gasteiger partial charge in [0.15, 0.2) is 11.5 Å². The minimum Gasteiger partial charge on any atom is -0.504 e. The van der Waals surface area contributed by atoms with E-state index in [2.05, 4.69) is 4.98 Å². The first-order valence-electron chi connectivity index (χ1n) is 5.34. The second-order valence-electron chi connectivity index (χ2n) is 3.62. The van der Waals surface area contributed by atoms with Crippen molar-refractivity contribution in [3.05, 3.63) is 53.9 Å². The molecular formula is C13H14N2O2. The molecular weight excluding hydrogens is 216 g/mol. The molecule has 0 aliphatic carbocycles. The van der Waals surface area contributed by atoms with Gasteiger partial charge in [-0.05, 0) is 29.8 Å². The van der Waals surface area contributed by atoms with Crippen LogP contribution in [-0.4, -0.2) is 10.1 Å². The van der Waals surface area contributed by atoms with E-state index in [1.807, 2.05) is 18.2 Å². The van der Waals surface area contributed by atoms with Crippen molar-refractivity contribution in [2.75, 3.05) is 0 Å². The maximum Gasteiger partial charge on any atom is 0.161 e. The van der Waals surface area contributed by atoms with Crippen LogP contribution in [0.25, 0.3) is 0 Å². The molecule has 88 valence electrons. The lowest BCUT2D eigenvalue weighted by Crippen LogP contribution is -2.02. The Morgan fingerprint density at radius 2 is 2.06 bits per heavy atom. The van der Waals surface area contributed by atoms with Crippen molar-refractivity contribution in [3.63, 3.8) is 0 Å². The Balaban J connectivity index is 2.05. The molecule has 0 fully saturated rings. The number of rotatable bonds is 4. The number of hydrogen-bond donors (Lipinski definition) is 2. The lowest BCUT2D eigenvalue weighted by Gasteiger charge is -2.08. The number of pyridine rings is 1. The monoisotopic (exact) mass is 230 g/mol. The molecule has 1 aromatic heterocycles. The van der Waals surface area contributed by atoms with Gasteiger partial charge >= 0.3 is 0 Å². The number of ether oxygens (including phenoxy) is 1. The summed E-state index contributed by atoms with van der Waals surface area (Å²) in [4.78, 5) is 4.10. The molecule has 0 amide bonds. The van der Waals surface area contributed by atoms with Crippen molar-refractivity contribution in [1.29, 1.82) is 0 Å². The third-order valence-corrected chi connectivity index (χ3v) is 2.35. The minimum atomic E-state index is 0.139. The summed E-state index contributed by atoms with van der Waals surface area (Å²) in [5.74, 6) is 0.610. The van der Waals surface area contributed by atoms with Crippen LogP contribution in [0.15, 0.2) is 42.6 Å². The molecule has 4 heteroatoms. The molecule has 0 bridgehead atoms. The van der Waals surface area contributed by atoms with Crippen molar-refractivity contribution < 1.29 is 9.84 Å². The molecule has 0 radical (unpaired) electrons. The summed E-state index contributed by atoms with van der Waals surface area (Å²) in [6.45, 7) is 0.789. The maximum atomic E-state index is 9.53. The lowest BCUT2D eigenvalue weighted by atomic mass is 10.2. The van der Waals surface area contributed by atoms with Gasteiger partial charge in [0.2, 0.25) is 0 Å². The summed E-state index contributed by atoms with van der Waals surface area (Å²) in [6, 6.07) is 10.6. The van der Waals surface area contributed by atoms with E-state index in [-0.39, 0.29) is 5.75 Å². The third kappa shape index (κ3) is 2.95. The van der Waals surface area contributed by atoms with Gasteiger partial charge < -0.3 is 15.6 Å². The van der Waals surface area contributed by atoms with E-state index in [1.165, 1.54) is 0 Å². The highest BCUT2D eigenvalue weighted by atomic mass is 16.5. The second-order valence-corrected chi connectivity index (χ2v) is 3.62. The first-order chi connectivity index (χ1) is 8.29. The van der Waals surface area contributed by atoms with Gasteiger partial charge in [0, 0.05) is 12.7 Å². The van der Waals surface area contributed by atoms with Crippen molar-refractivity contribution in [3.8, 4) is 11.5 Å². The van der Waals surface area contributed by atoms with Crippen molar-refractivity contribution >= 4 is 0 Å². The van der Waals surface area contributed by atoms with E-state index in [4.69, 9.17) is 10.5 Å². The molecule has 3 N–H and O–H groups in total. The topological polar surface area (TPSA) is 68.4 Å². The Labute approximate surface area is 99.7 Å². The average molecular weight is 230 g/mol. The Morgan fingerprint density at radius 1 is 1.24 bits per heavy atom. The number of nitrogens with two attached hydrogens (primary N) is 1. The standard InChI is InChI=1S/C13H14N2O2/c14-8-11-7-10(5-6-15-11)9-17-13-4-2-1-3-12(13)16/h1-7,16H,8-9,14H2. The van der Waals surface area contributed by atoms with Gasteiger partial charge in [0.1, 0.15) is 6.61 Å². The summed E-state index contributed by atoms with van der Waals surface area (Å²) >= 11 is 0. The van der Waals surface area contributed by atoms with E-state index < -0.39 is 0 Å². The summed E-state index contributed by atoms with van der Waals surface area (Å²) < 4.78 is 5.50. The quantitative estimate of drug-likeness (QED) is 0.840. The lowest BCUT2D eigenvalue weighted by molar-refractivity contribution is 0.289. The number of para-hydroxylation sites is 2. The van der Waals surface area contributed by atoms with E-state index in [9.17, 15) is 5.11 Å². The number of aromatic nitrogens is 1. The molecule has 2 rings (SSSR count). The number of phenolic OH excluding ortho intramolecular Hbond substituents is 1. The number of aromatic hydroxyl groups is 1. The van der Waals surface area contributed by atoms with Gasteiger partial charge in [-0.2, -0.15) is 0 Å². The van der Waals surface area contributed by atoms with E-state index >= 15 is 0 Å². The van der Waals surface area contributed by atoms with Crippen LogP contribution >= 0.6 is 0 Å². The fraction of sp³-hybridized carbons (Fsp3) is 0.154. The number of nitrogens with zero attached hydrogens (tertiary/aromatic N) is 1. The first-order valence-corrected chi connectivity index (χ1v) is 5.34. The van der Waals surface area contributed by atoms with Crippen LogP contribution in [0, 0.1) is 0 Å². The molecule has 0 aliphatic heterocycles. The zero-order valence-corrected chi connectivity index (χ0v) is 9.34. The predicted octanol–water partition coefficient (Wildman–Crippen LogP) is 1.82. The highest BCUT2D eigenvalue weighted by molar-refractivity contribution is 5.38. The zero-order chi connectivity index (χ0) is 12.1. The predicted molar refractivity (Wildman–Crippen MR) is 64.6 cm³/mol. The Kier molecular flexibility index (Phi) is 3.57. The van der Waals surface area contributed by atoms with Crippen molar-refractivity contribution in [2.24, 2.45) is 5.73 Å². The first kappa shape index (κ1) is 11.4. The fourth-order valence-electron chi connectivity index (χ4n) is 1.47. The van der Waals surface area contributed by atoms with Crippen LogP contribution < -0.4 is 10.5 Å². The molecule has 1 aromatic carbocycles. The highest BCUT2D eigenvalue weighted by Gasteiger charge is 2.01. The number of phenols is 1. The summed E-state index contributed by atoms with van der Waals surface area (Å²) in [5.41, 5.74) is 7.31. The summed E-state index contributed by atoms with van der Waals surface area (Å²) in [7, 11) is 0.